The van der Waals surface area contributed by atoms with Crippen molar-refractivity contribution in [3.63, 3.8) is 0 Å². The molecule has 0 radical (unpaired) electrons. The summed E-state index contributed by atoms with van der Waals surface area (Å²) in [6.07, 6.45) is 7.07. The normalized spacial score (nSPS) is 32.2. The summed E-state index contributed by atoms with van der Waals surface area (Å²) in [5.74, 6) is 1.99. The lowest BCUT2D eigenvalue weighted by Crippen LogP contribution is -2.31. The quantitative estimate of drug-likeness (QED) is 0.682. The van der Waals surface area contributed by atoms with Gasteiger partial charge in [0.2, 0.25) is 0 Å². The SMILES string of the molecule is CCC1CCC(C(CC)NC)C1. The smallest absolute Gasteiger partial charge is 0.00898 e. The highest BCUT2D eigenvalue weighted by atomic mass is 14.9. The van der Waals surface area contributed by atoms with Crippen molar-refractivity contribution in [2.24, 2.45) is 11.8 Å². The predicted molar refractivity (Wildman–Crippen MR) is 54.3 cm³/mol. The maximum atomic E-state index is 3.44. The summed E-state index contributed by atoms with van der Waals surface area (Å²) >= 11 is 0. The van der Waals surface area contributed by atoms with Gasteiger partial charge in [-0.3, -0.25) is 0 Å². The molecule has 1 nitrogen and oxygen atoms in total. The molecule has 1 aliphatic carbocycles. The van der Waals surface area contributed by atoms with Gasteiger partial charge in [0.15, 0.2) is 0 Å². The summed E-state index contributed by atoms with van der Waals surface area (Å²) < 4.78 is 0. The summed E-state index contributed by atoms with van der Waals surface area (Å²) in [4.78, 5) is 0. The second-order valence-corrected chi connectivity index (χ2v) is 4.15. The highest BCUT2D eigenvalue weighted by molar-refractivity contribution is 4.82. The van der Waals surface area contributed by atoms with E-state index < -0.39 is 0 Å². The Balaban J connectivity index is 2.34. The molecule has 1 fully saturated rings. The van der Waals surface area contributed by atoms with Crippen molar-refractivity contribution in [2.75, 3.05) is 7.05 Å². The van der Waals surface area contributed by atoms with Gasteiger partial charge in [-0.05, 0) is 38.1 Å². The van der Waals surface area contributed by atoms with E-state index in [4.69, 9.17) is 0 Å². The standard InChI is InChI=1S/C11H23N/c1-4-9-6-7-10(8-9)11(5-2)12-3/h9-12H,4-8H2,1-3H3. The molecule has 0 heterocycles. The maximum absolute atomic E-state index is 3.44. The van der Waals surface area contributed by atoms with Crippen LogP contribution < -0.4 is 5.32 Å². The first-order valence-corrected chi connectivity index (χ1v) is 5.49. The second-order valence-electron chi connectivity index (χ2n) is 4.15. The molecule has 1 heteroatoms. The zero-order valence-electron chi connectivity index (χ0n) is 8.77. The summed E-state index contributed by atoms with van der Waals surface area (Å²) in [6.45, 7) is 4.62. The van der Waals surface area contributed by atoms with Crippen LogP contribution >= 0.6 is 0 Å². The molecule has 0 aromatic heterocycles. The molecule has 0 aromatic carbocycles. The van der Waals surface area contributed by atoms with Crippen LogP contribution in [0, 0.1) is 11.8 Å². The largest absolute Gasteiger partial charge is 0.317 e. The van der Waals surface area contributed by atoms with Crippen LogP contribution in [-0.4, -0.2) is 13.1 Å². The third kappa shape index (κ3) is 2.22. The minimum atomic E-state index is 0.779. The van der Waals surface area contributed by atoms with Crippen molar-refractivity contribution in [2.45, 2.75) is 52.0 Å². The summed E-state index contributed by atoms with van der Waals surface area (Å²) in [6, 6.07) is 0.779. The Hall–Kier alpha value is -0.0400. The van der Waals surface area contributed by atoms with Crippen LogP contribution in [0.5, 0.6) is 0 Å². The van der Waals surface area contributed by atoms with Crippen LogP contribution in [0.15, 0.2) is 0 Å². The molecule has 3 atom stereocenters. The molecule has 0 bridgehead atoms. The van der Waals surface area contributed by atoms with E-state index in [-0.39, 0.29) is 0 Å². The van der Waals surface area contributed by atoms with Gasteiger partial charge in [-0.1, -0.05) is 26.7 Å². The Bertz CT molecular complexity index is 118. The van der Waals surface area contributed by atoms with Crippen molar-refractivity contribution in [1.29, 1.82) is 0 Å². The molecule has 0 aliphatic heterocycles. The molecule has 1 N–H and O–H groups in total. The van der Waals surface area contributed by atoms with Gasteiger partial charge < -0.3 is 5.32 Å². The van der Waals surface area contributed by atoms with E-state index >= 15 is 0 Å². The minimum absolute atomic E-state index is 0.779. The molecular formula is C11H23N. The molecule has 72 valence electrons. The molecule has 1 aliphatic rings. The lowest BCUT2D eigenvalue weighted by Gasteiger charge is -2.21. The van der Waals surface area contributed by atoms with Crippen molar-refractivity contribution in [3.05, 3.63) is 0 Å². The number of hydrogen-bond donors (Lipinski definition) is 1. The zero-order chi connectivity index (χ0) is 8.97. The van der Waals surface area contributed by atoms with Crippen LogP contribution in [-0.2, 0) is 0 Å². The Morgan fingerprint density at radius 2 is 2.08 bits per heavy atom. The molecule has 0 saturated heterocycles. The van der Waals surface area contributed by atoms with E-state index in [1.54, 1.807) is 0 Å². The molecule has 12 heavy (non-hydrogen) atoms. The van der Waals surface area contributed by atoms with E-state index in [2.05, 4.69) is 26.2 Å². The zero-order valence-corrected chi connectivity index (χ0v) is 8.77. The Morgan fingerprint density at radius 3 is 2.50 bits per heavy atom. The Morgan fingerprint density at radius 1 is 1.33 bits per heavy atom. The number of nitrogens with one attached hydrogen (secondary N) is 1. The van der Waals surface area contributed by atoms with E-state index in [1.165, 1.54) is 32.1 Å². The van der Waals surface area contributed by atoms with Crippen LogP contribution in [0.3, 0.4) is 0 Å². The first kappa shape index (κ1) is 10.0. The van der Waals surface area contributed by atoms with Gasteiger partial charge in [-0.25, -0.2) is 0 Å². The molecular weight excluding hydrogens is 146 g/mol. The van der Waals surface area contributed by atoms with E-state index in [1.807, 2.05) is 0 Å². The highest BCUT2D eigenvalue weighted by Gasteiger charge is 2.27. The van der Waals surface area contributed by atoms with Crippen molar-refractivity contribution < 1.29 is 0 Å². The number of rotatable bonds is 4. The fourth-order valence-electron chi connectivity index (χ4n) is 2.62. The van der Waals surface area contributed by atoms with Crippen LogP contribution in [0.2, 0.25) is 0 Å². The first-order valence-electron chi connectivity index (χ1n) is 5.49. The van der Waals surface area contributed by atoms with Gasteiger partial charge in [-0.15, -0.1) is 0 Å². The van der Waals surface area contributed by atoms with Gasteiger partial charge in [-0.2, -0.15) is 0 Å². The molecule has 0 aromatic rings. The van der Waals surface area contributed by atoms with Crippen molar-refractivity contribution in [3.8, 4) is 0 Å². The molecule has 1 rings (SSSR count). The average molecular weight is 169 g/mol. The third-order valence-corrected chi connectivity index (χ3v) is 3.54. The highest BCUT2D eigenvalue weighted by Crippen LogP contribution is 2.35. The average Bonchev–Trinajstić information content (AvgIpc) is 2.55. The van der Waals surface area contributed by atoms with Gasteiger partial charge in [0.25, 0.3) is 0 Å². The van der Waals surface area contributed by atoms with E-state index in [9.17, 15) is 0 Å². The minimum Gasteiger partial charge on any atom is -0.317 e. The van der Waals surface area contributed by atoms with Crippen molar-refractivity contribution in [1.82, 2.24) is 5.32 Å². The van der Waals surface area contributed by atoms with Crippen LogP contribution in [0.25, 0.3) is 0 Å². The third-order valence-electron chi connectivity index (χ3n) is 3.54. The van der Waals surface area contributed by atoms with Gasteiger partial charge in [0, 0.05) is 6.04 Å². The Kier molecular flexibility index (Phi) is 4.07. The first-order chi connectivity index (χ1) is 5.81. The lowest BCUT2D eigenvalue weighted by molar-refractivity contribution is 0.355. The van der Waals surface area contributed by atoms with Gasteiger partial charge in [0.05, 0.1) is 0 Å². The fourth-order valence-corrected chi connectivity index (χ4v) is 2.62. The monoisotopic (exact) mass is 169 g/mol. The summed E-state index contributed by atoms with van der Waals surface area (Å²) in [7, 11) is 2.10. The Labute approximate surface area is 76.9 Å². The lowest BCUT2D eigenvalue weighted by atomic mass is 9.94. The van der Waals surface area contributed by atoms with Gasteiger partial charge >= 0.3 is 0 Å². The topological polar surface area (TPSA) is 12.0 Å². The number of hydrogen-bond acceptors (Lipinski definition) is 1. The summed E-state index contributed by atoms with van der Waals surface area (Å²) in [5, 5.41) is 3.44. The van der Waals surface area contributed by atoms with E-state index in [0.717, 1.165) is 17.9 Å². The van der Waals surface area contributed by atoms with E-state index in [0.29, 0.717) is 0 Å². The van der Waals surface area contributed by atoms with Crippen LogP contribution in [0.1, 0.15) is 46.0 Å². The maximum Gasteiger partial charge on any atom is 0.00898 e. The fraction of sp³-hybridized carbons (Fsp3) is 1.00. The molecule has 1 saturated carbocycles. The van der Waals surface area contributed by atoms with Crippen LogP contribution in [0.4, 0.5) is 0 Å². The second kappa shape index (κ2) is 4.86. The predicted octanol–water partition coefficient (Wildman–Crippen LogP) is 2.81. The van der Waals surface area contributed by atoms with Gasteiger partial charge in [0.1, 0.15) is 0 Å². The van der Waals surface area contributed by atoms with Crippen molar-refractivity contribution >= 4 is 0 Å². The molecule has 0 amide bonds. The molecule has 3 unspecified atom stereocenters. The summed E-state index contributed by atoms with van der Waals surface area (Å²) in [5.41, 5.74) is 0. The molecule has 0 spiro atoms.